The maximum Gasteiger partial charge on any atom is 0.345 e. The SMILES string of the molecule is C=C(CC(C(=O)OC(C)(C)C)P(=O)(OCC)OCC)ON.CP. The minimum atomic E-state index is -3.71. The summed E-state index contributed by atoms with van der Waals surface area (Å²) in [4.78, 5) is 16.8. The van der Waals surface area contributed by atoms with Crippen molar-refractivity contribution in [2.45, 2.75) is 52.3 Å². The number of rotatable bonds is 9. The number of carbonyl (C=O) groups is 1. The van der Waals surface area contributed by atoms with E-state index >= 15 is 0 Å². The third-order valence-corrected chi connectivity index (χ3v) is 4.66. The van der Waals surface area contributed by atoms with Crippen molar-refractivity contribution in [2.24, 2.45) is 5.90 Å². The van der Waals surface area contributed by atoms with Gasteiger partial charge in [0.05, 0.1) is 13.2 Å². The number of nitrogens with two attached hydrogens (primary N) is 1. The van der Waals surface area contributed by atoms with Gasteiger partial charge in [0, 0.05) is 6.42 Å². The molecule has 0 bridgehead atoms. The summed E-state index contributed by atoms with van der Waals surface area (Å²) in [5.41, 5.74) is -1.91. The standard InChI is InChI=1S/C13H26NO6P.CH5P/c1-7-17-21(16,18-8-2)11(9-10(3)20-14)12(15)19-13(4,5)6;1-2/h11H,3,7-9,14H2,1-2,4-6H3;2H2,1H3. The Morgan fingerprint density at radius 3 is 1.96 bits per heavy atom. The van der Waals surface area contributed by atoms with Gasteiger partial charge in [-0.25, -0.2) is 0 Å². The molecule has 0 aliphatic rings. The Labute approximate surface area is 142 Å². The highest BCUT2D eigenvalue weighted by Crippen LogP contribution is 2.55. The van der Waals surface area contributed by atoms with Crippen molar-refractivity contribution in [1.29, 1.82) is 0 Å². The van der Waals surface area contributed by atoms with Gasteiger partial charge in [0.2, 0.25) is 0 Å². The summed E-state index contributed by atoms with van der Waals surface area (Å²) in [5.74, 6) is 4.40. The second-order valence-corrected chi connectivity index (χ2v) is 7.50. The van der Waals surface area contributed by atoms with Crippen LogP contribution in [0.2, 0.25) is 0 Å². The highest BCUT2D eigenvalue weighted by molar-refractivity contribution is 7.55. The van der Waals surface area contributed by atoms with E-state index in [1.54, 1.807) is 34.6 Å². The molecule has 0 aliphatic heterocycles. The molecule has 0 aromatic carbocycles. The van der Waals surface area contributed by atoms with Crippen LogP contribution < -0.4 is 5.90 Å². The average molecular weight is 371 g/mol. The Kier molecular flexibility index (Phi) is 12.9. The molecule has 9 heteroatoms. The van der Waals surface area contributed by atoms with Gasteiger partial charge in [0.15, 0.2) is 5.66 Å². The highest BCUT2D eigenvalue weighted by Gasteiger charge is 2.44. The zero-order valence-corrected chi connectivity index (χ0v) is 17.0. The van der Waals surface area contributed by atoms with Gasteiger partial charge in [-0.05, 0) is 34.6 Å². The van der Waals surface area contributed by atoms with Crippen LogP contribution in [0.1, 0.15) is 41.0 Å². The zero-order valence-electron chi connectivity index (χ0n) is 15.0. The van der Waals surface area contributed by atoms with Gasteiger partial charge in [0.1, 0.15) is 11.4 Å². The maximum atomic E-state index is 12.8. The minimum absolute atomic E-state index is 0.0884. The molecule has 7 nitrogen and oxygen atoms in total. The predicted molar refractivity (Wildman–Crippen MR) is 95.2 cm³/mol. The van der Waals surface area contributed by atoms with Gasteiger partial charge in [0.25, 0.3) is 0 Å². The van der Waals surface area contributed by atoms with Crippen LogP contribution in [-0.4, -0.2) is 37.1 Å². The van der Waals surface area contributed by atoms with Gasteiger partial charge in [-0.2, -0.15) is 5.90 Å². The van der Waals surface area contributed by atoms with Gasteiger partial charge >= 0.3 is 13.6 Å². The Morgan fingerprint density at radius 1 is 1.22 bits per heavy atom. The Hall–Kier alpha value is -0.450. The average Bonchev–Trinajstić information content (AvgIpc) is 2.45. The van der Waals surface area contributed by atoms with E-state index < -0.39 is 24.8 Å². The fourth-order valence-corrected chi connectivity index (χ4v) is 3.43. The molecular weight excluding hydrogens is 340 g/mol. The molecule has 23 heavy (non-hydrogen) atoms. The summed E-state index contributed by atoms with van der Waals surface area (Å²) in [6.45, 7) is 14.2. The predicted octanol–water partition coefficient (Wildman–Crippen LogP) is 3.25. The monoisotopic (exact) mass is 371 g/mol. The second kappa shape index (κ2) is 12.0. The molecule has 0 fully saturated rings. The van der Waals surface area contributed by atoms with Gasteiger partial charge in [-0.3, -0.25) is 9.36 Å². The van der Waals surface area contributed by atoms with Crippen LogP contribution in [0.4, 0.5) is 0 Å². The summed E-state index contributed by atoms with van der Waals surface area (Å²) in [6.07, 6.45) is -0.108. The molecule has 0 spiro atoms. The quantitative estimate of drug-likeness (QED) is 0.288. The van der Waals surface area contributed by atoms with E-state index in [-0.39, 0.29) is 25.4 Å². The first-order valence-electron chi connectivity index (χ1n) is 7.33. The molecule has 0 aromatic heterocycles. The third kappa shape index (κ3) is 10.1. The lowest BCUT2D eigenvalue weighted by molar-refractivity contribution is -0.154. The molecule has 2 N–H and O–H groups in total. The first kappa shape index (κ1) is 24.8. The fraction of sp³-hybridized carbons (Fsp3) is 0.786. The first-order valence-corrected chi connectivity index (χ1v) is 10.1. The van der Waals surface area contributed by atoms with E-state index in [0.29, 0.717) is 0 Å². The van der Waals surface area contributed by atoms with Crippen molar-refractivity contribution in [3.63, 3.8) is 0 Å². The van der Waals surface area contributed by atoms with Crippen LogP contribution in [0.25, 0.3) is 0 Å². The smallest absolute Gasteiger partial charge is 0.345 e. The minimum Gasteiger partial charge on any atom is -0.459 e. The van der Waals surface area contributed by atoms with Crippen molar-refractivity contribution in [1.82, 2.24) is 0 Å². The highest BCUT2D eigenvalue weighted by atomic mass is 31.2. The molecule has 0 heterocycles. The molecule has 0 saturated carbocycles. The van der Waals surface area contributed by atoms with Crippen molar-refractivity contribution in [2.75, 3.05) is 19.9 Å². The maximum absolute atomic E-state index is 12.8. The second-order valence-electron chi connectivity index (χ2n) is 5.29. The Morgan fingerprint density at radius 2 is 1.65 bits per heavy atom. The molecule has 2 unspecified atom stereocenters. The van der Waals surface area contributed by atoms with Crippen molar-refractivity contribution < 1.29 is 28.0 Å². The van der Waals surface area contributed by atoms with Crippen molar-refractivity contribution in [3.8, 4) is 0 Å². The van der Waals surface area contributed by atoms with Gasteiger partial charge in [-0.1, -0.05) is 13.2 Å². The number of hydrogen-bond acceptors (Lipinski definition) is 7. The van der Waals surface area contributed by atoms with Crippen LogP contribution in [-0.2, 0) is 28.0 Å². The summed E-state index contributed by atoms with van der Waals surface area (Å²) in [7, 11) is -1.29. The molecule has 0 rings (SSSR count). The summed E-state index contributed by atoms with van der Waals surface area (Å²) >= 11 is 0. The summed E-state index contributed by atoms with van der Waals surface area (Å²) in [6, 6.07) is 0. The van der Waals surface area contributed by atoms with E-state index in [9.17, 15) is 9.36 Å². The van der Waals surface area contributed by atoms with Crippen LogP contribution in [0.3, 0.4) is 0 Å². The molecule has 0 amide bonds. The Bertz CT molecular complexity index is 399. The molecule has 0 aliphatic carbocycles. The molecule has 0 radical (unpaired) electrons. The normalized spacial score (nSPS) is 12.7. The lowest BCUT2D eigenvalue weighted by Crippen LogP contribution is -2.33. The van der Waals surface area contributed by atoms with Gasteiger partial charge in [-0.15, -0.1) is 9.24 Å². The van der Waals surface area contributed by atoms with Crippen LogP contribution in [0.15, 0.2) is 12.3 Å². The van der Waals surface area contributed by atoms with E-state index in [1.165, 1.54) is 0 Å². The van der Waals surface area contributed by atoms with E-state index in [4.69, 9.17) is 19.7 Å². The topological polar surface area (TPSA) is 97.1 Å². The van der Waals surface area contributed by atoms with Crippen LogP contribution >= 0.6 is 16.8 Å². The third-order valence-electron chi connectivity index (χ3n) is 2.27. The summed E-state index contributed by atoms with van der Waals surface area (Å²) < 4.78 is 28.5. The number of ether oxygens (including phenoxy) is 1. The van der Waals surface area contributed by atoms with Crippen LogP contribution in [0, 0.1) is 0 Å². The number of allylic oxidation sites excluding steroid dienone is 1. The van der Waals surface area contributed by atoms with E-state index in [0.717, 1.165) is 0 Å². The molecule has 0 aromatic rings. The Balaban J connectivity index is 0. The molecular formula is C14H31NO6P2. The van der Waals surface area contributed by atoms with Crippen molar-refractivity contribution >= 4 is 22.8 Å². The van der Waals surface area contributed by atoms with Gasteiger partial charge < -0.3 is 18.6 Å². The molecule has 2 atom stereocenters. The first-order chi connectivity index (χ1) is 10.6. The number of carbonyl (C=O) groups excluding carboxylic acids is 1. The summed E-state index contributed by atoms with van der Waals surface area (Å²) in [5, 5.41) is 0. The molecule has 0 saturated heterocycles. The molecule has 138 valence electrons. The fourth-order valence-electron chi connectivity index (χ4n) is 1.53. The largest absolute Gasteiger partial charge is 0.459 e. The lowest BCUT2D eigenvalue weighted by atomic mass is 10.2. The number of esters is 1. The lowest BCUT2D eigenvalue weighted by Gasteiger charge is -2.28. The van der Waals surface area contributed by atoms with Crippen LogP contribution in [0.5, 0.6) is 0 Å². The van der Waals surface area contributed by atoms with E-state index in [2.05, 4.69) is 20.7 Å². The number of hydrogen-bond donors (Lipinski definition) is 1. The van der Waals surface area contributed by atoms with E-state index in [1.807, 2.05) is 6.66 Å². The van der Waals surface area contributed by atoms with Crippen molar-refractivity contribution in [3.05, 3.63) is 12.3 Å². The zero-order chi connectivity index (χ0) is 18.7.